The van der Waals surface area contributed by atoms with Gasteiger partial charge in [0.2, 0.25) is 3.79 Å². The predicted molar refractivity (Wildman–Crippen MR) is 54.4 cm³/mol. The molecule has 0 aliphatic heterocycles. The van der Waals surface area contributed by atoms with Crippen molar-refractivity contribution in [2.75, 3.05) is 0 Å². The number of halogens is 3. The molecule has 0 spiro atoms. The minimum atomic E-state index is -1.68. The number of nitriles is 1. The third-order valence-electron chi connectivity index (χ3n) is 1.56. The van der Waals surface area contributed by atoms with Crippen LogP contribution in [0.15, 0.2) is 0 Å². The van der Waals surface area contributed by atoms with Gasteiger partial charge >= 0.3 is 0 Å². The molecular formula is C7H7Cl3N4. The molecule has 0 N–H and O–H groups in total. The van der Waals surface area contributed by atoms with Gasteiger partial charge in [0.15, 0.2) is 5.69 Å². The molecule has 0 saturated carbocycles. The van der Waals surface area contributed by atoms with Crippen LogP contribution in [0.5, 0.6) is 0 Å². The van der Waals surface area contributed by atoms with E-state index in [0.29, 0.717) is 0 Å². The van der Waals surface area contributed by atoms with Crippen LogP contribution in [0.2, 0.25) is 0 Å². The molecule has 1 heterocycles. The molecule has 0 atom stereocenters. The van der Waals surface area contributed by atoms with Crippen LogP contribution in [0.4, 0.5) is 0 Å². The predicted octanol–water partition coefficient (Wildman–Crippen LogP) is 2.56. The first-order valence-corrected chi connectivity index (χ1v) is 4.93. The second-order valence-electron chi connectivity index (χ2n) is 2.93. The van der Waals surface area contributed by atoms with Crippen molar-refractivity contribution in [3.8, 4) is 6.07 Å². The van der Waals surface area contributed by atoms with Crippen LogP contribution in [-0.2, 0) is 3.79 Å². The smallest absolute Gasteiger partial charge is 0.235 e. The third kappa shape index (κ3) is 2.11. The fourth-order valence-electron chi connectivity index (χ4n) is 0.994. The van der Waals surface area contributed by atoms with Crippen LogP contribution in [0.3, 0.4) is 0 Å². The minimum Gasteiger partial charge on any atom is -0.241 e. The lowest BCUT2D eigenvalue weighted by Crippen LogP contribution is -2.15. The fraction of sp³-hybridized carbons (Fsp3) is 0.571. The Balaban J connectivity index is 3.36. The van der Waals surface area contributed by atoms with Crippen molar-refractivity contribution in [3.05, 3.63) is 11.4 Å². The number of nitrogens with zero attached hydrogens (tertiary/aromatic N) is 4. The van der Waals surface area contributed by atoms with Gasteiger partial charge in [-0.05, 0) is 13.8 Å². The molecule has 0 amide bonds. The normalized spacial score (nSPS) is 11.8. The number of aromatic nitrogens is 3. The van der Waals surface area contributed by atoms with Crippen LogP contribution in [0.1, 0.15) is 31.3 Å². The Morgan fingerprint density at radius 3 is 2.36 bits per heavy atom. The quantitative estimate of drug-likeness (QED) is 0.723. The van der Waals surface area contributed by atoms with Gasteiger partial charge in [-0.15, -0.1) is 5.10 Å². The van der Waals surface area contributed by atoms with Crippen LogP contribution < -0.4 is 0 Å². The topological polar surface area (TPSA) is 54.5 Å². The van der Waals surface area contributed by atoms with E-state index in [4.69, 9.17) is 40.1 Å². The van der Waals surface area contributed by atoms with Gasteiger partial charge in [-0.25, -0.2) is 4.68 Å². The maximum Gasteiger partial charge on any atom is 0.235 e. The zero-order chi connectivity index (χ0) is 10.9. The Morgan fingerprint density at radius 2 is 2.00 bits per heavy atom. The lowest BCUT2D eigenvalue weighted by Gasteiger charge is -2.15. The van der Waals surface area contributed by atoms with Gasteiger partial charge in [-0.1, -0.05) is 40.0 Å². The summed E-state index contributed by atoms with van der Waals surface area (Å²) in [5.74, 6) is 0. The van der Waals surface area contributed by atoms with Gasteiger partial charge in [-0.2, -0.15) is 5.26 Å². The fourth-order valence-corrected chi connectivity index (χ4v) is 1.52. The van der Waals surface area contributed by atoms with Gasteiger partial charge in [0.1, 0.15) is 11.8 Å². The molecule has 0 aliphatic rings. The number of hydrogen-bond acceptors (Lipinski definition) is 3. The van der Waals surface area contributed by atoms with Gasteiger partial charge in [-0.3, -0.25) is 0 Å². The van der Waals surface area contributed by atoms with E-state index in [0.717, 1.165) is 0 Å². The Labute approximate surface area is 96.4 Å². The summed E-state index contributed by atoms with van der Waals surface area (Å²) in [4.78, 5) is 0. The summed E-state index contributed by atoms with van der Waals surface area (Å²) >= 11 is 17.1. The second-order valence-corrected chi connectivity index (χ2v) is 5.22. The molecule has 1 aromatic rings. The first-order chi connectivity index (χ1) is 6.38. The van der Waals surface area contributed by atoms with Gasteiger partial charge in [0.05, 0.1) is 0 Å². The van der Waals surface area contributed by atoms with Gasteiger partial charge in [0, 0.05) is 6.04 Å². The molecule has 0 unspecified atom stereocenters. The van der Waals surface area contributed by atoms with Crippen LogP contribution in [-0.4, -0.2) is 15.0 Å². The van der Waals surface area contributed by atoms with Crippen molar-refractivity contribution < 1.29 is 0 Å². The van der Waals surface area contributed by atoms with Crippen molar-refractivity contribution >= 4 is 34.8 Å². The molecule has 0 aromatic carbocycles. The van der Waals surface area contributed by atoms with E-state index in [-0.39, 0.29) is 17.4 Å². The number of hydrogen-bond donors (Lipinski definition) is 0. The van der Waals surface area contributed by atoms with E-state index < -0.39 is 3.79 Å². The third-order valence-corrected chi connectivity index (χ3v) is 2.10. The largest absolute Gasteiger partial charge is 0.241 e. The van der Waals surface area contributed by atoms with E-state index >= 15 is 0 Å². The summed E-state index contributed by atoms with van der Waals surface area (Å²) in [6.45, 7) is 3.71. The summed E-state index contributed by atoms with van der Waals surface area (Å²) in [5.41, 5.74) is 0.249. The molecule has 0 fully saturated rings. The highest BCUT2D eigenvalue weighted by Gasteiger charge is 2.33. The maximum atomic E-state index is 8.74. The molecule has 1 aromatic heterocycles. The van der Waals surface area contributed by atoms with Crippen molar-refractivity contribution in [1.29, 1.82) is 5.26 Å². The second kappa shape index (κ2) is 3.93. The summed E-state index contributed by atoms with van der Waals surface area (Å²) in [7, 11) is 0. The molecule has 0 radical (unpaired) electrons. The first kappa shape index (κ1) is 11.6. The Hall–Kier alpha value is -0.500. The lowest BCUT2D eigenvalue weighted by molar-refractivity contribution is 0.496. The maximum absolute atomic E-state index is 8.74. The highest BCUT2D eigenvalue weighted by Crippen LogP contribution is 2.40. The first-order valence-electron chi connectivity index (χ1n) is 3.80. The molecule has 0 aliphatic carbocycles. The number of alkyl halides is 3. The molecule has 1 rings (SSSR count). The van der Waals surface area contributed by atoms with Gasteiger partial charge < -0.3 is 0 Å². The van der Waals surface area contributed by atoms with E-state index in [1.165, 1.54) is 4.68 Å². The van der Waals surface area contributed by atoms with Gasteiger partial charge in [0.25, 0.3) is 0 Å². The SMILES string of the molecule is CC(C)n1nnc(C#N)c1C(Cl)(Cl)Cl. The van der Waals surface area contributed by atoms with Crippen molar-refractivity contribution in [2.45, 2.75) is 23.7 Å². The molecule has 7 heteroatoms. The van der Waals surface area contributed by atoms with Crippen LogP contribution in [0.25, 0.3) is 0 Å². The lowest BCUT2D eigenvalue weighted by atomic mass is 10.3. The summed E-state index contributed by atoms with van der Waals surface area (Å²) < 4.78 is -0.260. The summed E-state index contributed by atoms with van der Waals surface area (Å²) in [5, 5.41) is 16.1. The van der Waals surface area contributed by atoms with E-state index in [9.17, 15) is 0 Å². The molecule has 76 valence electrons. The van der Waals surface area contributed by atoms with Crippen molar-refractivity contribution in [3.63, 3.8) is 0 Å². The zero-order valence-electron chi connectivity index (χ0n) is 7.50. The van der Waals surface area contributed by atoms with Crippen molar-refractivity contribution in [1.82, 2.24) is 15.0 Å². The number of rotatable bonds is 1. The monoisotopic (exact) mass is 252 g/mol. The average Bonchev–Trinajstić information content (AvgIpc) is 2.45. The van der Waals surface area contributed by atoms with Crippen molar-refractivity contribution in [2.24, 2.45) is 0 Å². The van der Waals surface area contributed by atoms with E-state index in [1.807, 2.05) is 19.9 Å². The minimum absolute atomic E-state index is 0.0183. The molecule has 4 nitrogen and oxygen atoms in total. The Kier molecular flexibility index (Phi) is 3.25. The summed E-state index contributed by atoms with van der Waals surface area (Å²) in [6, 6.07) is 1.81. The Morgan fingerprint density at radius 1 is 1.43 bits per heavy atom. The van der Waals surface area contributed by atoms with E-state index in [1.54, 1.807) is 0 Å². The van der Waals surface area contributed by atoms with E-state index in [2.05, 4.69) is 10.3 Å². The average molecular weight is 254 g/mol. The van der Waals surface area contributed by atoms with Crippen LogP contribution in [0, 0.1) is 11.3 Å². The van der Waals surface area contributed by atoms with Crippen LogP contribution >= 0.6 is 34.8 Å². The zero-order valence-corrected chi connectivity index (χ0v) is 9.77. The molecule has 14 heavy (non-hydrogen) atoms. The summed E-state index contributed by atoms with van der Waals surface area (Å²) in [6.07, 6.45) is 0. The highest BCUT2D eigenvalue weighted by molar-refractivity contribution is 6.66. The standard InChI is InChI=1S/C7H7Cl3N4/c1-4(2)14-6(7(8,9)10)5(3-11)12-13-14/h4H,1-2H3. The molecular weight excluding hydrogens is 246 g/mol. The Bertz CT molecular complexity index is 371. The molecule has 0 bridgehead atoms. The highest BCUT2D eigenvalue weighted by atomic mass is 35.6. The molecule has 0 saturated heterocycles.